The maximum absolute atomic E-state index is 13.2. The van der Waals surface area contributed by atoms with E-state index < -0.39 is 24.3 Å². The molecule has 2 aromatic rings. The van der Waals surface area contributed by atoms with Crippen LogP contribution in [0.15, 0.2) is 24.4 Å². The van der Waals surface area contributed by atoms with Crippen LogP contribution in [0.2, 0.25) is 0 Å². The molecule has 0 unspecified atom stereocenters. The van der Waals surface area contributed by atoms with Crippen molar-refractivity contribution in [3.8, 4) is 5.88 Å². The summed E-state index contributed by atoms with van der Waals surface area (Å²) in [5.41, 5.74) is -0.181. The normalized spacial score (nSPS) is 20.3. The van der Waals surface area contributed by atoms with Crippen molar-refractivity contribution >= 4 is 17.4 Å². The van der Waals surface area contributed by atoms with E-state index >= 15 is 0 Å². The summed E-state index contributed by atoms with van der Waals surface area (Å²) < 4.78 is 46.9. The van der Waals surface area contributed by atoms with Crippen molar-refractivity contribution < 1.29 is 27.8 Å². The van der Waals surface area contributed by atoms with E-state index in [1.54, 1.807) is 18.7 Å². The molecular weight excluding hydrogens is 419 g/mol. The van der Waals surface area contributed by atoms with E-state index in [2.05, 4.69) is 9.36 Å². The monoisotopic (exact) mass is 443 g/mol. The molecule has 164 valence electrons. The molecule has 30 heavy (non-hydrogen) atoms. The predicted octanol–water partition coefficient (Wildman–Crippen LogP) is 4.11. The highest BCUT2D eigenvalue weighted by Crippen LogP contribution is 2.34. The van der Waals surface area contributed by atoms with Gasteiger partial charge in [0, 0.05) is 24.7 Å². The predicted molar refractivity (Wildman–Crippen MR) is 106 cm³/mol. The zero-order valence-corrected chi connectivity index (χ0v) is 17.8. The first kappa shape index (κ1) is 22.5. The molecule has 10 heteroatoms. The highest BCUT2D eigenvalue weighted by molar-refractivity contribution is 7.06. The topological polar surface area (TPSA) is 75.6 Å². The first-order chi connectivity index (χ1) is 14.0. The van der Waals surface area contributed by atoms with Crippen LogP contribution in [0.4, 0.5) is 13.2 Å². The summed E-state index contributed by atoms with van der Waals surface area (Å²) in [6, 6.07) is 4.69. The maximum Gasteiger partial charge on any atom is 0.422 e. The van der Waals surface area contributed by atoms with Gasteiger partial charge in [-0.1, -0.05) is 0 Å². The Morgan fingerprint density at radius 3 is 2.73 bits per heavy atom. The zero-order valence-electron chi connectivity index (χ0n) is 16.9. The Morgan fingerprint density at radius 1 is 1.37 bits per heavy atom. The number of nitrogens with zero attached hydrogens (tertiary/aromatic N) is 3. The Kier molecular flexibility index (Phi) is 6.37. The van der Waals surface area contributed by atoms with Crippen LogP contribution in [0.25, 0.3) is 0 Å². The number of carbonyl (C=O) groups excluding carboxylic acids is 1. The van der Waals surface area contributed by atoms with Gasteiger partial charge in [-0.05, 0) is 63.3 Å². The smallest absolute Gasteiger partial charge is 0.422 e. The lowest BCUT2D eigenvalue weighted by atomic mass is 9.90. The molecule has 3 heterocycles. The second-order valence-corrected chi connectivity index (χ2v) is 8.82. The highest BCUT2D eigenvalue weighted by atomic mass is 32.1. The Labute approximate surface area is 176 Å². The van der Waals surface area contributed by atoms with Crippen molar-refractivity contribution in [1.29, 1.82) is 0 Å². The first-order valence-corrected chi connectivity index (χ1v) is 10.4. The van der Waals surface area contributed by atoms with Gasteiger partial charge in [0.2, 0.25) is 5.88 Å². The number of amides is 1. The Hall–Kier alpha value is -2.20. The molecule has 0 aromatic carbocycles. The molecule has 1 amide bonds. The number of halogens is 3. The number of aromatic nitrogens is 2. The molecule has 1 aliphatic heterocycles. The number of piperidine rings is 1. The van der Waals surface area contributed by atoms with Crippen molar-refractivity contribution in [3.05, 3.63) is 40.5 Å². The lowest BCUT2D eigenvalue weighted by Gasteiger charge is -2.37. The van der Waals surface area contributed by atoms with Gasteiger partial charge >= 0.3 is 6.18 Å². The summed E-state index contributed by atoms with van der Waals surface area (Å²) >= 11 is 1.23. The molecule has 0 saturated carbocycles. The number of pyridine rings is 1. The largest absolute Gasteiger partial charge is 0.467 e. The molecule has 1 fully saturated rings. The highest BCUT2D eigenvalue weighted by Gasteiger charge is 2.35. The van der Waals surface area contributed by atoms with Crippen molar-refractivity contribution in [2.24, 2.45) is 0 Å². The Balaban J connectivity index is 1.79. The average molecular weight is 443 g/mol. The molecule has 0 bridgehead atoms. The molecular formula is C20H24F3N3O3S. The zero-order chi connectivity index (χ0) is 22.1. The number of hydrogen-bond donors (Lipinski definition) is 1. The number of likely N-dealkylation sites (tertiary alicyclic amines) is 1. The number of alkyl halides is 3. The SMILES string of the molecule is C[C@@H]1CC[C@@H](c2cc(C(C)(C)O)sn2)CN1C(=O)c1cccnc1OCC(F)(F)F. The van der Waals surface area contributed by atoms with Gasteiger partial charge < -0.3 is 14.7 Å². The van der Waals surface area contributed by atoms with Crippen LogP contribution in [0.1, 0.15) is 60.5 Å². The standard InChI is InChI=1S/C20H24F3N3O3S/c1-12-6-7-13(15-9-16(30-25-15)19(2,3)28)10-26(12)18(27)14-5-4-8-24-17(14)29-11-20(21,22)23/h4-5,8-9,12-13,28H,6-7,10-11H2,1-3H3/t12-,13-/m1/s1. The summed E-state index contributed by atoms with van der Waals surface area (Å²) in [4.78, 5) is 19.4. The van der Waals surface area contributed by atoms with Crippen LogP contribution in [-0.4, -0.2) is 50.6 Å². The van der Waals surface area contributed by atoms with E-state index in [9.17, 15) is 23.1 Å². The molecule has 0 spiro atoms. The molecule has 0 radical (unpaired) electrons. The third-order valence-corrected chi connectivity index (χ3v) is 6.18. The Bertz CT molecular complexity index is 895. The quantitative estimate of drug-likeness (QED) is 0.753. The molecule has 1 saturated heterocycles. The van der Waals surface area contributed by atoms with Crippen molar-refractivity contribution in [2.45, 2.75) is 57.3 Å². The van der Waals surface area contributed by atoms with Crippen LogP contribution in [0.5, 0.6) is 5.88 Å². The summed E-state index contributed by atoms with van der Waals surface area (Å²) in [5.74, 6) is -0.767. The van der Waals surface area contributed by atoms with Crippen LogP contribution in [0.3, 0.4) is 0 Å². The lowest BCUT2D eigenvalue weighted by molar-refractivity contribution is -0.154. The average Bonchev–Trinajstić information content (AvgIpc) is 3.16. The number of ether oxygens (including phenoxy) is 1. The maximum atomic E-state index is 13.2. The number of hydrogen-bond acceptors (Lipinski definition) is 6. The first-order valence-electron chi connectivity index (χ1n) is 9.60. The van der Waals surface area contributed by atoms with Crippen molar-refractivity contribution in [1.82, 2.24) is 14.3 Å². The number of aliphatic hydroxyl groups is 1. The lowest BCUT2D eigenvalue weighted by Crippen LogP contribution is -2.45. The minimum absolute atomic E-state index is 0.00436. The summed E-state index contributed by atoms with van der Waals surface area (Å²) in [7, 11) is 0. The molecule has 1 N–H and O–H groups in total. The molecule has 0 aliphatic carbocycles. The fourth-order valence-electron chi connectivity index (χ4n) is 3.37. The van der Waals surface area contributed by atoms with Crippen molar-refractivity contribution in [2.75, 3.05) is 13.2 Å². The summed E-state index contributed by atoms with van der Waals surface area (Å²) in [6.07, 6.45) is -1.68. The van der Waals surface area contributed by atoms with E-state index in [4.69, 9.17) is 4.74 Å². The van der Waals surface area contributed by atoms with Crippen LogP contribution >= 0.6 is 11.5 Å². The van der Waals surface area contributed by atoms with Gasteiger partial charge in [0.15, 0.2) is 6.61 Å². The molecule has 3 rings (SSSR count). The van der Waals surface area contributed by atoms with Crippen LogP contribution < -0.4 is 4.74 Å². The van der Waals surface area contributed by atoms with Crippen molar-refractivity contribution in [3.63, 3.8) is 0 Å². The number of carbonyl (C=O) groups is 1. The van der Waals surface area contributed by atoms with E-state index in [-0.39, 0.29) is 23.4 Å². The van der Waals surface area contributed by atoms with Gasteiger partial charge in [0.25, 0.3) is 5.91 Å². The second-order valence-electron chi connectivity index (χ2n) is 8.02. The van der Waals surface area contributed by atoms with E-state index in [1.165, 1.54) is 29.9 Å². The summed E-state index contributed by atoms with van der Waals surface area (Å²) in [5, 5.41) is 10.2. The minimum Gasteiger partial charge on any atom is -0.467 e. The minimum atomic E-state index is -4.52. The molecule has 6 nitrogen and oxygen atoms in total. The second kappa shape index (κ2) is 8.50. The molecule has 1 aliphatic rings. The van der Waals surface area contributed by atoms with E-state index in [0.29, 0.717) is 6.54 Å². The third-order valence-electron chi connectivity index (χ3n) is 5.07. The molecule has 2 aromatic heterocycles. The van der Waals surface area contributed by atoms with Gasteiger partial charge in [0.1, 0.15) is 5.56 Å². The van der Waals surface area contributed by atoms with Gasteiger partial charge in [-0.2, -0.15) is 17.5 Å². The Morgan fingerprint density at radius 2 is 2.10 bits per heavy atom. The molecule has 2 atom stereocenters. The van der Waals surface area contributed by atoms with Gasteiger partial charge in [-0.25, -0.2) is 4.98 Å². The van der Waals surface area contributed by atoms with Gasteiger partial charge in [0.05, 0.1) is 16.2 Å². The van der Waals surface area contributed by atoms with Gasteiger partial charge in [-0.3, -0.25) is 4.79 Å². The number of rotatable bonds is 5. The van der Waals surface area contributed by atoms with E-state index in [1.807, 2.05) is 13.0 Å². The van der Waals surface area contributed by atoms with Crippen LogP contribution in [0, 0.1) is 0 Å². The van der Waals surface area contributed by atoms with Gasteiger partial charge in [-0.15, -0.1) is 0 Å². The third kappa shape index (κ3) is 5.28. The fourth-order valence-corrected chi connectivity index (χ4v) is 4.18. The van der Waals surface area contributed by atoms with Crippen LogP contribution in [-0.2, 0) is 5.60 Å². The fraction of sp³-hybridized carbons (Fsp3) is 0.550. The summed E-state index contributed by atoms with van der Waals surface area (Å²) in [6.45, 7) is 4.15. The van der Waals surface area contributed by atoms with E-state index in [0.717, 1.165) is 23.4 Å².